The third-order valence-electron chi connectivity index (χ3n) is 4.63. The largest absolute Gasteiger partial charge is 0.416 e. The maximum absolute atomic E-state index is 12.7. The van der Waals surface area contributed by atoms with Gasteiger partial charge in [0.05, 0.1) is 20.9 Å². The van der Waals surface area contributed by atoms with Gasteiger partial charge in [0.1, 0.15) is 0 Å². The fourth-order valence-corrected chi connectivity index (χ4v) is 5.10. The highest BCUT2D eigenvalue weighted by molar-refractivity contribution is 7.89. The Kier molecular flexibility index (Phi) is 9.13. The van der Waals surface area contributed by atoms with Crippen molar-refractivity contribution in [1.82, 2.24) is 9.44 Å². The van der Waals surface area contributed by atoms with Gasteiger partial charge < -0.3 is 0 Å². The molecule has 0 aliphatic carbocycles. The molecule has 2 N–H and O–H groups in total. The summed E-state index contributed by atoms with van der Waals surface area (Å²) in [4.78, 5) is -1.02. The van der Waals surface area contributed by atoms with E-state index in [0.717, 1.165) is 36.4 Å². The van der Waals surface area contributed by atoms with Gasteiger partial charge in [0.25, 0.3) is 0 Å². The van der Waals surface area contributed by atoms with Crippen molar-refractivity contribution < 1.29 is 43.2 Å². The van der Waals surface area contributed by atoms with Crippen LogP contribution in [0.4, 0.5) is 26.3 Å². The number of unbranched alkanes of at least 4 members (excludes halogenated alkanes) is 3. The zero-order chi connectivity index (χ0) is 25.6. The van der Waals surface area contributed by atoms with Crippen LogP contribution in [0.3, 0.4) is 0 Å². The molecular weight excluding hydrogens is 510 g/mol. The molecule has 0 saturated heterocycles. The molecule has 2 aromatic carbocycles. The highest BCUT2D eigenvalue weighted by atomic mass is 32.2. The quantitative estimate of drug-likeness (QED) is 0.328. The highest BCUT2D eigenvalue weighted by Gasteiger charge is 2.32. The molecule has 0 amide bonds. The summed E-state index contributed by atoms with van der Waals surface area (Å²) < 4.78 is 129. The van der Waals surface area contributed by atoms with Crippen LogP contribution < -0.4 is 9.44 Å². The van der Waals surface area contributed by atoms with Crippen molar-refractivity contribution in [2.24, 2.45) is 0 Å². The topological polar surface area (TPSA) is 92.3 Å². The zero-order valence-electron chi connectivity index (χ0n) is 17.6. The first-order valence-corrected chi connectivity index (χ1v) is 12.9. The summed E-state index contributed by atoms with van der Waals surface area (Å²) in [6.45, 7) is -0.0664. The average Bonchev–Trinajstić information content (AvgIpc) is 2.74. The van der Waals surface area contributed by atoms with Crippen LogP contribution in [-0.2, 0) is 32.4 Å². The molecule has 14 heteroatoms. The second-order valence-corrected chi connectivity index (χ2v) is 10.8. The first-order valence-electron chi connectivity index (χ1n) is 9.97. The van der Waals surface area contributed by atoms with Gasteiger partial charge in [-0.05, 0) is 49.2 Å². The summed E-state index contributed by atoms with van der Waals surface area (Å²) in [5, 5.41) is 0. The molecule has 0 bridgehead atoms. The number of hydrogen-bond donors (Lipinski definition) is 2. The van der Waals surface area contributed by atoms with Gasteiger partial charge in [-0.3, -0.25) is 0 Å². The van der Waals surface area contributed by atoms with Gasteiger partial charge in [0.2, 0.25) is 20.0 Å². The maximum Gasteiger partial charge on any atom is 0.416 e. The molecule has 2 rings (SSSR count). The van der Waals surface area contributed by atoms with Gasteiger partial charge in [-0.25, -0.2) is 26.3 Å². The van der Waals surface area contributed by atoms with E-state index in [-0.39, 0.29) is 13.1 Å². The fraction of sp³-hybridized carbons (Fsp3) is 0.400. The second kappa shape index (κ2) is 11.1. The third kappa shape index (κ3) is 8.25. The van der Waals surface area contributed by atoms with Crippen molar-refractivity contribution in [3.05, 3.63) is 59.7 Å². The molecule has 0 unspecified atom stereocenters. The monoisotopic (exact) mass is 532 g/mol. The average molecular weight is 533 g/mol. The van der Waals surface area contributed by atoms with Gasteiger partial charge in [0, 0.05) is 13.1 Å². The lowest BCUT2D eigenvalue weighted by Gasteiger charge is -2.11. The number of halogens is 6. The maximum atomic E-state index is 12.7. The van der Waals surface area contributed by atoms with E-state index in [4.69, 9.17) is 0 Å². The van der Waals surface area contributed by atoms with Crippen LogP contribution in [0.2, 0.25) is 0 Å². The normalized spacial score (nSPS) is 13.2. The second-order valence-electron chi connectivity index (χ2n) is 7.26. The molecule has 2 aromatic rings. The Morgan fingerprint density at radius 3 is 1.26 bits per heavy atom. The summed E-state index contributed by atoms with van der Waals surface area (Å²) >= 11 is 0. The van der Waals surface area contributed by atoms with Gasteiger partial charge in [-0.2, -0.15) is 26.3 Å². The number of alkyl halides is 6. The van der Waals surface area contributed by atoms with E-state index < -0.39 is 53.3 Å². The molecule has 190 valence electrons. The van der Waals surface area contributed by atoms with Crippen LogP contribution in [0, 0.1) is 0 Å². The minimum atomic E-state index is -4.67. The molecule has 0 atom stereocenters. The fourth-order valence-electron chi connectivity index (χ4n) is 2.86. The summed E-state index contributed by atoms with van der Waals surface area (Å²) in [6.07, 6.45) is -7.69. The molecule has 0 radical (unpaired) electrons. The number of benzene rings is 2. The number of hydrogen-bond acceptors (Lipinski definition) is 4. The van der Waals surface area contributed by atoms with E-state index in [1.54, 1.807) is 0 Å². The van der Waals surface area contributed by atoms with Crippen molar-refractivity contribution in [2.75, 3.05) is 13.1 Å². The molecule has 0 aliphatic heterocycles. The third-order valence-corrected chi connectivity index (χ3v) is 7.55. The predicted octanol–water partition coefficient (Wildman–Crippen LogP) is 4.54. The molecular formula is C20H22F6N2O4S2. The SMILES string of the molecule is O=S(=O)(NCCCCCCNS(=O)(=O)c1cccc(C(F)(F)F)c1)c1cccc(C(F)(F)F)c1. The summed E-state index contributed by atoms with van der Waals surface area (Å²) in [5.41, 5.74) is -2.16. The van der Waals surface area contributed by atoms with Crippen molar-refractivity contribution >= 4 is 20.0 Å². The van der Waals surface area contributed by atoms with Crippen LogP contribution in [0.25, 0.3) is 0 Å². The molecule has 0 heterocycles. The zero-order valence-corrected chi connectivity index (χ0v) is 19.2. The smallest absolute Gasteiger partial charge is 0.211 e. The minimum Gasteiger partial charge on any atom is -0.211 e. The van der Waals surface area contributed by atoms with E-state index in [2.05, 4.69) is 9.44 Å². The lowest BCUT2D eigenvalue weighted by atomic mass is 10.2. The Hall–Kier alpha value is -2.16. The number of sulfonamides is 2. The van der Waals surface area contributed by atoms with E-state index >= 15 is 0 Å². The van der Waals surface area contributed by atoms with Gasteiger partial charge in [-0.15, -0.1) is 0 Å². The Morgan fingerprint density at radius 2 is 0.941 bits per heavy atom. The van der Waals surface area contributed by atoms with Crippen molar-refractivity contribution in [1.29, 1.82) is 0 Å². The Labute approximate surface area is 193 Å². The van der Waals surface area contributed by atoms with E-state index in [1.807, 2.05) is 0 Å². The molecule has 0 saturated carbocycles. The Bertz CT molecular complexity index is 1090. The molecule has 0 spiro atoms. The predicted molar refractivity (Wildman–Crippen MR) is 112 cm³/mol. The summed E-state index contributed by atoms with van der Waals surface area (Å²) in [5.74, 6) is 0. The summed E-state index contributed by atoms with van der Waals surface area (Å²) in [7, 11) is -8.25. The molecule has 6 nitrogen and oxygen atoms in total. The first kappa shape index (κ1) is 28.1. The number of rotatable bonds is 11. The first-order chi connectivity index (χ1) is 15.6. The molecule has 34 heavy (non-hydrogen) atoms. The molecule has 0 aromatic heterocycles. The summed E-state index contributed by atoms with van der Waals surface area (Å²) in [6, 6.07) is 6.70. The van der Waals surface area contributed by atoms with Crippen molar-refractivity contribution in [3.8, 4) is 0 Å². The van der Waals surface area contributed by atoms with Crippen LogP contribution in [-0.4, -0.2) is 29.9 Å². The lowest BCUT2D eigenvalue weighted by Crippen LogP contribution is -2.26. The van der Waals surface area contributed by atoms with Gasteiger partial charge >= 0.3 is 12.4 Å². The molecule has 0 aliphatic rings. The molecule has 0 fully saturated rings. The van der Waals surface area contributed by atoms with Gasteiger partial charge in [0.15, 0.2) is 0 Å². The van der Waals surface area contributed by atoms with Gasteiger partial charge in [-0.1, -0.05) is 25.0 Å². The van der Waals surface area contributed by atoms with E-state index in [0.29, 0.717) is 37.8 Å². The van der Waals surface area contributed by atoms with Crippen LogP contribution in [0.5, 0.6) is 0 Å². The lowest BCUT2D eigenvalue weighted by molar-refractivity contribution is -0.138. The Balaban J connectivity index is 1.74. The number of nitrogens with one attached hydrogen (secondary N) is 2. The van der Waals surface area contributed by atoms with Crippen molar-refractivity contribution in [3.63, 3.8) is 0 Å². The van der Waals surface area contributed by atoms with E-state index in [9.17, 15) is 43.2 Å². The van der Waals surface area contributed by atoms with Crippen molar-refractivity contribution in [2.45, 2.75) is 47.8 Å². The standard InChI is InChI=1S/C20H22F6N2O4S2/c21-19(22,23)15-7-5-9-17(13-15)33(29,30)27-11-3-1-2-4-12-28-34(31,32)18-10-6-8-16(14-18)20(24,25)26/h5-10,13-14,27-28H,1-4,11-12H2. The van der Waals surface area contributed by atoms with E-state index in [1.165, 1.54) is 0 Å². The van der Waals surface area contributed by atoms with Crippen LogP contribution in [0.15, 0.2) is 58.3 Å². The minimum absolute atomic E-state index is 0.0332. The Morgan fingerprint density at radius 1 is 0.588 bits per heavy atom. The van der Waals surface area contributed by atoms with Crippen LogP contribution >= 0.6 is 0 Å². The highest BCUT2D eigenvalue weighted by Crippen LogP contribution is 2.31. The van der Waals surface area contributed by atoms with Crippen LogP contribution in [0.1, 0.15) is 36.8 Å².